The summed E-state index contributed by atoms with van der Waals surface area (Å²) >= 11 is 0. The van der Waals surface area contributed by atoms with Gasteiger partial charge in [-0.05, 0) is 12.1 Å². The molecule has 0 aliphatic rings. The van der Waals surface area contributed by atoms with Crippen molar-refractivity contribution in [2.45, 2.75) is 6.54 Å². The molecule has 2 aromatic rings. The number of imidazole rings is 1. The first-order valence-corrected chi connectivity index (χ1v) is 5.04. The third-order valence-electron chi connectivity index (χ3n) is 2.16. The Morgan fingerprint density at radius 2 is 2.00 bits per heavy atom. The average molecular weight is 235 g/mol. The van der Waals surface area contributed by atoms with Crippen molar-refractivity contribution >= 4 is 11.6 Å². The van der Waals surface area contributed by atoms with E-state index in [0.717, 1.165) is 6.07 Å². The maximum atomic E-state index is 13.0. The highest BCUT2D eigenvalue weighted by molar-refractivity contribution is 5.53. The van der Waals surface area contributed by atoms with E-state index in [4.69, 9.17) is 0 Å². The third kappa shape index (κ3) is 2.69. The fraction of sp³-hybridized carbons (Fsp3) is 0.0833. The van der Waals surface area contributed by atoms with Gasteiger partial charge in [-0.25, -0.2) is 13.8 Å². The van der Waals surface area contributed by atoms with Crippen molar-refractivity contribution < 1.29 is 8.78 Å². The molecule has 5 heteroatoms. The maximum absolute atomic E-state index is 13.0. The van der Waals surface area contributed by atoms with Gasteiger partial charge in [0.25, 0.3) is 0 Å². The van der Waals surface area contributed by atoms with Gasteiger partial charge in [0.05, 0.1) is 0 Å². The fourth-order valence-corrected chi connectivity index (χ4v) is 1.47. The van der Waals surface area contributed by atoms with Crippen molar-refractivity contribution in [3.8, 4) is 0 Å². The Labute approximate surface area is 97.4 Å². The molecule has 1 N–H and O–H groups in total. The van der Waals surface area contributed by atoms with E-state index in [2.05, 4.69) is 16.9 Å². The summed E-state index contributed by atoms with van der Waals surface area (Å²) in [4.78, 5) is 4.05. The zero-order valence-corrected chi connectivity index (χ0v) is 9.03. The topological polar surface area (TPSA) is 29.9 Å². The summed E-state index contributed by atoms with van der Waals surface area (Å²) in [7, 11) is 0. The van der Waals surface area contributed by atoms with E-state index < -0.39 is 11.6 Å². The molecular weight excluding hydrogens is 224 g/mol. The molecule has 0 aliphatic carbocycles. The molecule has 88 valence electrons. The summed E-state index contributed by atoms with van der Waals surface area (Å²) in [6.45, 7) is 4.19. The molecule has 17 heavy (non-hydrogen) atoms. The van der Waals surface area contributed by atoms with Gasteiger partial charge in [0.2, 0.25) is 5.95 Å². The molecule has 0 saturated heterocycles. The highest BCUT2D eigenvalue weighted by Crippen LogP contribution is 2.17. The van der Waals surface area contributed by atoms with Crippen LogP contribution in [0.25, 0.3) is 0 Å². The molecule has 0 saturated carbocycles. The summed E-state index contributed by atoms with van der Waals surface area (Å²) in [5.74, 6) is -0.751. The van der Waals surface area contributed by atoms with Crippen LogP contribution in [0, 0.1) is 11.6 Å². The number of nitrogens with zero attached hydrogens (tertiary/aromatic N) is 2. The van der Waals surface area contributed by atoms with Crippen LogP contribution >= 0.6 is 0 Å². The summed E-state index contributed by atoms with van der Waals surface area (Å²) < 4.78 is 27.7. The minimum atomic E-state index is -0.630. The molecule has 0 atom stereocenters. The van der Waals surface area contributed by atoms with Crippen LogP contribution in [0.4, 0.5) is 20.4 Å². The summed E-state index contributed by atoms with van der Waals surface area (Å²) in [6, 6.07) is 3.23. The first kappa shape index (κ1) is 11.3. The number of hydrogen-bond acceptors (Lipinski definition) is 2. The second-order valence-electron chi connectivity index (χ2n) is 3.48. The molecule has 0 bridgehead atoms. The Morgan fingerprint density at radius 1 is 1.29 bits per heavy atom. The standard InChI is InChI=1S/C12H11F2N3/c1-2-4-17-5-3-15-12(17)16-11-7-9(13)6-10(14)8-11/h2-3,5-8H,1,4H2,(H,15,16). The van der Waals surface area contributed by atoms with Crippen molar-refractivity contribution in [2.75, 3.05) is 5.32 Å². The van der Waals surface area contributed by atoms with E-state index in [0.29, 0.717) is 18.2 Å². The molecule has 1 heterocycles. The number of halogens is 2. The molecule has 0 radical (unpaired) electrons. The number of benzene rings is 1. The van der Waals surface area contributed by atoms with E-state index in [1.165, 1.54) is 12.1 Å². The van der Waals surface area contributed by atoms with E-state index in [-0.39, 0.29) is 0 Å². The molecule has 0 unspecified atom stereocenters. The van der Waals surface area contributed by atoms with Gasteiger partial charge in [-0.3, -0.25) is 0 Å². The van der Waals surface area contributed by atoms with Gasteiger partial charge in [0, 0.05) is 30.7 Å². The molecule has 2 rings (SSSR count). The highest BCUT2D eigenvalue weighted by Gasteiger charge is 2.04. The molecule has 1 aromatic heterocycles. The third-order valence-corrected chi connectivity index (χ3v) is 2.16. The van der Waals surface area contributed by atoms with Crippen molar-refractivity contribution in [1.29, 1.82) is 0 Å². The zero-order valence-electron chi connectivity index (χ0n) is 9.03. The lowest BCUT2D eigenvalue weighted by atomic mass is 10.3. The number of rotatable bonds is 4. The number of anilines is 2. The zero-order chi connectivity index (χ0) is 12.3. The number of hydrogen-bond donors (Lipinski definition) is 1. The van der Waals surface area contributed by atoms with Gasteiger partial charge in [-0.15, -0.1) is 6.58 Å². The first-order chi connectivity index (χ1) is 8.19. The van der Waals surface area contributed by atoms with Crippen LogP contribution in [0.3, 0.4) is 0 Å². The Hall–Kier alpha value is -2.17. The van der Waals surface area contributed by atoms with Crippen LogP contribution in [0.2, 0.25) is 0 Å². The lowest BCUT2D eigenvalue weighted by Gasteiger charge is -2.08. The van der Waals surface area contributed by atoms with Crippen LogP contribution in [-0.2, 0) is 6.54 Å². The quantitative estimate of drug-likeness (QED) is 0.825. The molecular formula is C12H11F2N3. The Morgan fingerprint density at radius 3 is 2.65 bits per heavy atom. The van der Waals surface area contributed by atoms with Crippen LogP contribution < -0.4 is 5.32 Å². The van der Waals surface area contributed by atoms with E-state index in [1.807, 2.05) is 0 Å². The predicted octanol–water partition coefficient (Wildman–Crippen LogP) is 3.09. The van der Waals surface area contributed by atoms with Crippen LogP contribution in [0.1, 0.15) is 0 Å². The van der Waals surface area contributed by atoms with Crippen LogP contribution in [-0.4, -0.2) is 9.55 Å². The average Bonchev–Trinajstić information content (AvgIpc) is 2.65. The fourth-order valence-electron chi connectivity index (χ4n) is 1.47. The summed E-state index contributed by atoms with van der Waals surface area (Å²) in [6.07, 6.45) is 5.06. The number of nitrogens with one attached hydrogen (secondary N) is 1. The summed E-state index contributed by atoms with van der Waals surface area (Å²) in [5.41, 5.74) is 0.319. The molecule has 0 amide bonds. The predicted molar refractivity (Wildman–Crippen MR) is 62.1 cm³/mol. The van der Waals surface area contributed by atoms with Crippen molar-refractivity contribution in [1.82, 2.24) is 9.55 Å². The van der Waals surface area contributed by atoms with Crippen molar-refractivity contribution in [2.24, 2.45) is 0 Å². The van der Waals surface area contributed by atoms with Gasteiger partial charge in [-0.2, -0.15) is 0 Å². The molecule has 3 nitrogen and oxygen atoms in total. The maximum Gasteiger partial charge on any atom is 0.207 e. The lowest BCUT2D eigenvalue weighted by molar-refractivity contribution is 0.584. The number of allylic oxidation sites excluding steroid dienone is 1. The largest absolute Gasteiger partial charge is 0.325 e. The molecule has 0 spiro atoms. The first-order valence-electron chi connectivity index (χ1n) is 5.04. The lowest BCUT2D eigenvalue weighted by Crippen LogP contribution is -2.02. The smallest absolute Gasteiger partial charge is 0.207 e. The van der Waals surface area contributed by atoms with Gasteiger partial charge in [0.1, 0.15) is 11.6 Å². The van der Waals surface area contributed by atoms with Gasteiger partial charge >= 0.3 is 0 Å². The van der Waals surface area contributed by atoms with E-state index in [1.54, 1.807) is 23.0 Å². The normalized spacial score (nSPS) is 10.2. The van der Waals surface area contributed by atoms with Crippen molar-refractivity contribution in [3.05, 3.63) is 54.9 Å². The van der Waals surface area contributed by atoms with Gasteiger partial charge in [-0.1, -0.05) is 6.08 Å². The SMILES string of the molecule is C=CCn1ccnc1Nc1cc(F)cc(F)c1. The van der Waals surface area contributed by atoms with Gasteiger partial charge < -0.3 is 9.88 Å². The molecule has 1 aromatic carbocycles. The minimum absolute atomic E-state index is 0.319. The van der Waals surface area contributed by atoms with Gasteiger partial charge in [0.15, 0.2) is 0 Å². The Bertz CT molecular complexity index is 514. The monoisotopic (exact) mass is 235 g/mol. The Balaban J connectivity index is 2.24. The van der Waals surface area contributed by atoms with E-state index >= 15 is 0 Å². The van der Waals surface area contributed by atoms with Crippen LogP contribution in [0.15, 0.2) is 43.2 Å². The Kier molecular flexibility index (Phi) is 3.18. The highest BCUT2D eigenvalue weighted by atomic mass is 19.1. The van der Waals surface area contributed by atoms with Crippen LogP contribution in [0.5, 0.6) is 0 Å². The summed E-state index contributed by atoms with van der Waals surface area (Å²) in [5, 5.41) is 2.84. The van der Waals surface area contributed by atoms with E-state index in [9.17, 15) is 8.78 Å². The molecule has 0 aliphatic heterocycles. The number of aromatic nitrogens is 2. The second kappa shape index (κ2) is 4.78. The second-order valence-corrected chi connectivity index (χ2v) is 3.48. The minimum Gasteiger partial charge on any atom is -0.325 e. The molecule has 0 fully saturated rings. The van der Waals surface area contributed by atoms with Crippen molar-refractivity contribution in [3.63, 3.8) is 0 Å².